The topological polar surface area (TPSA) is 90.5 Å². The second-order valence-corrected chi connectivity index (χ2v) is 7.03. The molecule has 3 N–H and O–H groups in total. The molecule has 0 aromatic heterocycles. The molecule has 1 aromatic rings. The van der Waals surface area contributed by atoms with Gasteiger partial charge < -0.3 is 16.0 Å². The maximum absolute atomic E-state index is 11.7. The fourth-order valence-electron chi connectivity index (χ4n) is 2.66. The zero-order chi connectivity index (χ0) is 14.9. The molecular formula is C13H20N4O2S. The second-order valence-electron chi connectivity index (χ2n) is 5.09. The minimum atomic E-state index is -3.17. The van der Waals surface area contributed by atoms with Crippen LogP contribution >= 0.6 is 0 Å². The molecule has 1 unspecified atom stereocenters. The van der Waals surface area contributed by atoms with Crippen LogP contribution in [0.2, 0.25) is 0 Å². The molecule has 0 bridgehead atoms. The monoisotopic (exact) mass is 296 g/mol. The summed E-state index contributed by atoms with van der Waals surface area (Å²) in [5.41, 5.74) is 8.03. The molecule has 110 valence electrons. The van der Waals surface area contributed by atoms with Crippen molar-refractivity contribution in [3.05, 3.63) is 23.8 Å². The van der Waals surface area contributed by atoms with Gasteiger partial charge in [-0.15, -0.1) is 0 Å². The van der Waals surface area contributed by atoms with Gasteiger partial charge in [-0.25, -0.2) is 8.42 Å². The summed E-state index contributed by atoms with van der Waals surface area (Å²) in [6, 6.07) is 5.43. The molecule has 1 saturated heterocycles. The maximum atomic E-state index is 11.7. The van der Waals surface area contributed by atoms with Crippen molar-refractivity contribution in [1.82, 2.24) is 4.31 Å². The largest absolute Gasteiger partial charge is 0.398 e. The average molecular weight is 296 g/mol. The molecule has 0 amide bonds. The molecule has 20 heavy (non-hydrogen) atoms. The van der Waals surface area contributed by atoms with Crippen LogP contribution in [-0.4, -0.2) is 50.9 Å². The van der Waals surface area contributed by atoms with Crippen LogP contribution in [-0.2, 0) is 10.0 Å². The summed E-state index contributed by atoms with van der Waals surface area (Å²) in [7, 11) is -3.17. The van der Waals surface area contributed by atoms with E-state index in [0.29, 0.717) is 30.9 Å². The minimum Gasteiger partial charge on any atom is -0.398 e. The molecule has 1 aliphatic rings. The van der Waals surface area contributed by atoms with E-state index in [9.17, 15) is 8.42 Å². The first-order valence-corrected chi connectivity index (χ1v) is 8.30. The maximum Gasteiger partial charge on any atom is 0.211 e. The van der Waals surface area contributed by atoms with Gasteiger partial charge in [-0.2, -0.15) is 4.31 Å². The number of piperazine rings is 1. The van der Waals surface area contributed by atoms with Crippen LogP contribution < -0.4 is 10.6 Å². The summed E-state index contributed by atoms with van der Waals surface area (Å²) in [6.45, 7) is 3.54. The molecule has 1 aliphatic heterocycles. The summed E-state index contributed by atoms with van der Waals surface area (Å²) in [5, 5.41) is 7.50. The number of nitrogens with zero attached hydrogens (tertiary/aromatic N) is 2. The lowest BCUT2D eigenvalue weighted by atomic mass is 10.1. The first kappa shape index (κ1) is 14.8. The van der Waals surface area contributed by atoms with Crippen molar-refractivity contribution in [2.75, 3.05) is 36.5 Å². The molecular weight excluding hydrogens is 276 g/mol. The van der Waals surface area contributed by atoms with Gasteiger partial charge in [-0.3, -0.25) is 0 Å². The number of sulfonamides is 1. The Morgan fingerprint density at radius 3 is 2.65 bits per heavy atom. The minimum absolute atomic E-state index is 0.0984. The molecule has 1 heterocycles. The van der Waals surface area contributed by atoms with E-state index >= 15 is 0 Å². The van der Waals surface area contributed by atoms with Crippen molar-refractivity contribution < 1.29 is 8.42 Å². The van der Waals surface area contributed by atoms with E-state index in [2.05, 4.69) is 4.90 Å². The normalized spacial score (nSPS) is 20.9. The van der Waals surface area contributed by atoms with Crippen molar-refractivity contribution in [3.8, 4) is 0 Å². The second kappa shape index (κ2) is 5.41. The molecule has 0 aliphatic carbocycles. The zero-order valence-electron chi connectivity index (χ0n) is 11.7. The molecule has 0 spiro atoms. The van der Waals surface area contributed by atoms with Crippen LogP contribution in [0.4, 0.5) is 11.4 Å². The summed E-state index contributed by atoms with van der Waals surface area (Å²) < 4.78 is 24.9. The van der Waals surface area contributed by atoms with Gasteiger partial charge in [0.2, 0.25) is 10.0 Å². The Balaban J connectivity index is 2.26. The lowest BCUT2D eigenvalue weighted by Gasteiger charge is -2.40. The van der Waals surface area contributed by atoms with Gasteiger partial charge >= 0.3 is 0 Å². The Morgan fingerprint density at radius 1 is 1.40 bits per heavy atom. The lowest BCUT2D eigenvalue weighted by molar-refractivity contribution is 0.309. The fourth-order valence-corrected chi connectivity index (χ4v) is 3.79. The molecule has 1 fully saturated rings. The van der Waals surface area contributed by atoms with Crippen LogP contribution in [0.15, 0.2) is 18.2 Å². The average Bonchev–Trinajstić information content (AvgIpc) is 2.36. The van der Waals surface area contributed by atoms with Crippen molar-refractivity contribution in [2.24, 2.45) is 0 Å². The summed E-state index contributed by atoms with van der Waals surface area (Å²) >= 11 is 0. The Hall–Kier alpha value is -1.60. The number of nitrogens with two attached hydrogens (primary N) is 1. The number of hydrogen-bond donors (Lipinski definition) is 2. The quantitative estimate of drug-likeness (QED) is 0.636. The highest BCUT2D eigenvalue weighted by atomic mass is 32.2. The van der Waals surface area contributed by atoms with Gasteiger partial charge in [0.05, 0.1) is 6.26 Å². The van der Waals surface area contributed by atoms with Crippen molar-refractivity contribution in [2.45, 2.75) is 13.0 Å². The molecule has 2 rings (SSSR count). The number of anilines is 2. The first-order valence-electron chi connectivity index (χ1n) is 6.45. The van der Waals surface area contributed by atoms with Gasteiger partial charge in [0.1, 0.15) is 0 Å². The number of nitrogen functional groups attached to an aromatic ring is 1. The number of nitrogens with one attached hydrogen (secondary N) is 1. The predicted octanol–water partition coefficient (Wildman–Crippen LogP) is 0.737. The highest BCUT2D eigenvalue weighted by molar-refractivity contribution is 7.88. The van der Waals surface area contributed by atoms with Crippen molar-refractivity contribution in [3.63, 3.8) is 0 Å². The third kappa shape index (κ3) is 2.78. The Labute approximate surface area is 119 Å². The fraction of sp³-hybridized carbons (Fsp3) is 0.462. The molecule has 6 nitrogen and oxygen atoms in total. The van der Waals surface area contributed by atoms with Crippen LogP contribution in [0.5, 0.6) is 0 Å². The van der Waals surface area contributed by atoms with Crippen molar-refractivity contribution in [1.29, 1.82) is 5.41 Å². The summed E-state index contributed by atoms with van der Waals surface area (Å²) in [4.78, 5) is 2.09. The molecule has 0 saturated carbocycles. The standard InChI is InChI=1S/C13H20N4O2S/c1-10-9-16(6-7-17(10)20(2,18)19)13-5-3-4-12(15)11(13)8-14/h3-5,8,10,14H,6-7,9,15H2,1-2H3. The predicted molar refractivity (Wildman–Crippen MR) is 82.0 cm³/mol. The van der Waals surface area contributed by atoms with Crippen LogP contribution in [0.3, 0.4) is 0 Å². The van der Waals surface area contributed by atoms with E-state index in [1.807, 2.05) is 19.1 Å². The molecule has 0 radical (unpaired) electrons. The lowest BCUT2D eigenvalue weighted by Crippen LogP contribution is -2.53. The summed E-state index contributed by atoms with van der Waals surface area (Å²) in [5.74, 6) is 0. The van der Waals surface area contributed by atoms with Crippen LogP contribution in [0, 0.1) is 5.41 Å². The van der Waals surface area contributed by atoms with Crippen LogP contribution in [0.25, 0.3) is 0 Å². The molecule has 1 atom stereocenters. The number of benzene rings is 1. The number of hydrogen-bond acceptors (Lipinski definition) is 5. The van der Waals surface area contributed by atoms with Crippen molar-refractivity contribution >= 4 is 27.6 Å². The van der Waals surface area contributed by atoms with E-state index in [1.165, 1.54) is 16.8 Å². The van der Waals surface area contributed by atoms with E-state index < -0.39 is 10.0 Å². The van der Waals surface area contributed by atoms with Gasteiger partial charge in [-0.05, 0) is 19.1 Å². The first-order chi connectivity index (χ1) is 9.34. The van der Waals surface area contributed by atoms with Gasteiger partial charge in [0.25, 0.3) is 0 Å². The highest BCUT2D eigenvalue weighted by Gasteiger charge is 2.30. The Morgan fingerprint density at radius 2 is 2.10 bits per heavy atom. The SMILES string of the molecule is CC1CN(c2cccc(N)c2C=N)CCN1S(C)(=O)=O. The Bertz CT molecular complexity index is 615. The third-order valence-electron chi connectivity index (χ3n) is 3.59. The summed E-state index contributed by atoms with van der Waals surface area (Å²) in [6.07, 6.45) is 2.49. The number of rotatable bonds is 3. The zero-order valence-corrected chi connectivity index (χ0v) is 12.5. The Kier molecular flexibility index (Phi) is 4.01. The van der Waals surface area contributed by atoms with E-state index in [1.54, 1.807) is 6.07 Å². The molecule has 1 aromatic carbocycles. The highest BCUT2D eigenvalue weighted by Crippen LogP contribution is 2.26. The van der Waals surface area contributed by atoms with E-state index in [4.69, 9.17) is 11.1 Å². The van der Waals surface area contributed by atoms with Gasteiger partial charge in [0.15, 0.2) is 0 Å². The molecule has 7 heteroatoms. The van der Waals surface area contributed by atoms with E-state index in [-0.39, 0.29) is 6.04 Å². The third-order valence-corrected chi connectivity index (χ3v) is 4.99. The van der Waals surface area contributed by atoms with Gasteiger partial charge in [-0.1, -0.05) is 6.07 Å². The van der Waals surface area contributed by atoms with E-state index in [0.717, 1.165) is 5.69 Å². The smallest absolute Gasteiger partial charge is 0.211 e. The van der Waals surface area contributed by atoms with Gasteiger partial charge in [0, 0.05) is 48.8 Å². The van der Waals surface area contributed by atoms with Crippen LogP contribution in [0.1, 0.15) is 12.5 Å².